The number of para-hydroxylation sites is 1. The number of amides is 1. The molecule has 27 heavy (non-hydrogen) atoms. The molecule has 5 rings (SSSR count). The summed E-state index contributed by atoms with van der Waals surface area (Å²) in [5.74, 6) is 1.20. The third-order valence-electron chi connectivity index (χ3n) is 6.17. The van der Waals surface area contributed by atoms with Crippen LogP contribution in [0.25, 0.3) is 11.0 Å². The summed E-state index contributed by atoms with van der Waals surface area (Å²) < 4.78 is 5.97. The highest BCUT2D eigenvalue weighted by atomic mass is 16.3. The van der Waals surface area contributed by atoms with Crippen LogP contribution < -0.4 is 5.32 Å². The van der Waals surface area contributed by atoms with Gasteiger partial charge in [-0.1, -0.05) is 48.5 Å². The van der Waals surface area contributed by atoms with Gasteiger partial charge in [0, 0.05) is 24.0 Å². The van der Waals surface area contributed by atoms with Gasteiger partial charge in [-0.05, 0) is 37.0 Å². The lowest BCUT2D eigenvalue weighted by molar-refractivity contribution is -0.121. The second-order valence-electron chi connectivity index (χ2n) is 7.96. The number of benzene rings is 2. The van der Waals surface area contributed by atoms with Gasteiger partial charge in [-0.3, -0.25) is 9.69 Å². The molecule has 2 fully saturated rings. The topological polar surface area (TPSA) is 45.5 Å². The molecule has 2 aliphatic rings. The molecule has 4 heteroatoms. The Balaban J connectivity index is 1.24. The van der Waals surface area contributed by atoms with Crippen molar-refractivity contribution < 1.29 is 9.21 Å². The fourth-order valence-corrected chi connectivity index (χ4v) is 4.64. The molecule has 1 aromatic heterocycles. The van der Waals surface area contributed by atoms with Gasteiger partial charge in [0.2, 0.25) is 5.91 Å². The highest BCUT2D eigenvalue weighted by molar-refractivity contribution is 5.87. The second kappa shape index (κ2) is 6.54. The van der Waals surface area contributed by atoms with Crippen molar-refractivity contribution in [2.75, 3.05) is 13.1 Å². The molecule has 2 saturated heterocycles. The van der Waals surface area contributed by atoms with Crippen LogP contribution in [0.15, 0.2) is 65.1 Å². The minimum Gasteiger partial charge on any atom is -0.460 e. The largest absolute Gasteiger partial charge is 0.460 e. The van der Waals surface area contributed by atoms with Crippen molar-refractivity contribution in [3.63, 3.8) is 0 Å². The first-order chi connectivity index (χ1) is 13.2. The van der Waals surface area contributed by atoms with Gasteiger partial charge in [0.05, 0.1) is 12.5 Å². The van der Waals surface area contributed by atoms with Crippen LogP contribution in [0, 0.1) is 0 Å². The molecule has 1 N–H and O–H groups in total. The van der Waals surface area contributed by atoms with E-state index in [1.165, 1.54) is 0 Å². The van der Waals surface area contributed by atoms with Crippen LogP contribution in [0.3, 0.4) is 0 Å². The molecule has 0 radical (unpaired) electrons. The number of fused-ring (bicyclic) bond motifs is 1. The van der Waals surface area contributed by atoms with Crippen LogP contribution in [-0.4, -0.2) is 29.4 Å². The van der Waals surface area contributed by atoms with Crippen LogP contribution in [-0.2, 0) is 11.3 Å². The molecule has 1 atom stereocenters. The summed E-state index contributed by atoms with van der Waals surface area (Å²) in [6, 6.07) is 20.5. The van der Waals surface area contributed by atoms with E-state index >= 15 is 0 Å². The first-order valence-electron chi connectivity index (χ1n) is 9.78. The standard InChI is InChI=1S/C23H24N2O2/c26-22-20(17-6-2-1-3-7-17)15-23(24-22)10-12-25(13-11-23)16-19-14-18-8-4-5-9-21(18)27-19/h1-9,14,20H,10-13,15-16H2,(H,24,26)/t20-/m0/s1. The Kier molecular flexibility index (Phi) is 4.01. The van der Waals surface area contributed by atoms with Gasteiger partial charge in [-0.25, -0.2) is 0 Å². The van der Waals surface area contributed by atoms with E-state index in [0.717, 1.165) is 61.2 Å². The smallest absolute Gasteiger partial charge is 0.228 e. The summed E-state index contributed by atoms with van der Waals surface area (Å²) in [7, 11) is 0. The van der Waals surface area contributed by atoms with Gasteiger partial charge in [-0.2, -0.15) is 0 Å². The van der Waals surface area contributed by atoms with Crippen molar-refractivity contribution in [1.29, 1.82) is 0 Å². The SMILES string of the molecule is O=C1NC2(CCN(Cc3cc4ccccc4o3)CC2)C[C@H]1c1ccccc1. The highest BCUT2D eigenvalue weighted by Crippen LogP contribution is 2.39. The first-order valence-corrected chi connectivity index (χ1v) is 9.78. The van der Waals surface area contributed by atoms with E-state index in [-0.39, 0.29) is 17.4 Å². The molecule has 2 aromatic carbocycles. The number of hydrogen-bond donors (Lipinski definition) is 1. The molecular formula is C23H24N2O2. The van der Waals surface area contributed by atoms with Gasteiger partial charge in [0.1, 0.15) is 11.3 Å². The first kappa shape index (κ1) is 16.6. The van der Waals surface area contributed by atoms with Gasteiger partial charge in [-0.15, -0.1) is 0 Å². The van der Waals surface area contributed by atoms with Crippen LogP contribution >= 0.6 is 0 Å². The number of rotatable bonds is 3. The average molecular weight is 360 g/mol. The molecular weight excluding hydrogens is 336 g/mol. The van der Waals surface area contributed by atoms with E-state index in [0.29, 0.717) is 0 Å². The van der Waals surface area contributed by atoms with Gasteiger partial charge in [0.25, 0.3) is 0 Å². The Hall–Kier alpha value is -2.59. The Morgan fingerprint density at radius 1 is 1.04 bits per heavy atom. The maximum absolute atomic E-state index is 12.6. The maximum atomic E-state index is 12.6. The highest BCUT2D eigenvalue weighted by Gasteiger charge is 2.46. The average Bonchev–Trinajstić information content (AvgIpc) is 3.25. The maximum Gasteiger partial charge on any atom is 0.228 e. The van der Waals surface area contributed by atoms with E-state index in [2.05, 4.69) is 34.5 Å². The molecule has 4 nitrogen and oxygen atoms in total. The van der Waals surface area contributed by atoms with Crippen LogP contribution in [0.4, 0.5) is 0 Å². The van der Waals surface area contributed by atoms with Gasteiger partial charge < -0.3 is 9.73 Å². The number of piperidine rings is 1. The molecule has 1 spiro atoms. The number of nitrogens with one attached hydrogen (secondary N) is 1. The monoisotopic (exact) mass is 360 g/mol. The van der Waals surface area contributed by atoms with Crippen LogP contribution in [0.1, 0.15) is 36.5 Å². The molecule has 0 bridgehead atoms. The van der Waals surface area contributed by atoms with Crippen molar-refractivity contribution in [2.45, 2.75) is 37.3 Å². The summed E-state index contributed by atoms with van der Waals surface area (Å²) in [4.78, 5) is 15.0. The lowest BCUT2D eigenvalue weighted by Crippen LogP contribution is -2.50. The molecule has 0 saturated carbocycles. The van der Waals surface area contributed by atoms with Gasteiger partial charge >= 0.3 is 0 Å². The van der Waals surface area contributed by atoms with Crippen molar-refractivity contribution in [1.82, 2.24) is 10.2 Å². The Labute approximate surface area is 159 Å². The van der Waals surface area contributed by atoms with Gasteiger partial charge in [0.15, 0.2) is 0 Å². The number of furan rings is 1. The zero-order valence-electron chi connectivity index (χ0n) is 15.4. The van der Waals surface area contributed by atoms with E-state index in [9.17, 15) is 4.79 Å². The van der Waals surface area contributed by atoms with E-state index < -0.39 is 0 Å². The quantitative estimate of drug-likeness (QED) is 0.766. The molecule has 0 aliphatic carbocycles. The zero-order valence-corrected chi connectivity index (χ0v) is 15.4. The molecule has 138 valence electrons. The van der Waals surface area contributed by atoms with Crippen molar-refractivity contribution >= 4 is 16.9 Å². The zero-order chi connectivity index (χ0) is 18.3. The summed E-state index contributed by atoms with van der Waals surface area (Å²) >= 11 is 0. The normalized spacial score (nSPS) is 22.4. The minimum atomic E-state index is -0.0397. The number of nitrogens with zero attached hydrogens (tertiary/aromatic N) is 1. The molecule has 3 aromatic rings. The number of likely N-dealkylation sites (tertiary alicyclic amines) is 1. The molecule has 0 unspecified atom stereocenters. The minimum absolute atomic E-state index is 0.00637. The third-order valence-corrected chi connectivity index (χ3v) is 6.17. The Morgan fingerprint density at radius 3 is 2.56 bits per heavy atom. The molecule has 3 heterocycles. The summed E-state index contributed by atoms with van der Waals surface area (Å²) in [6.45, 7) is 2.80. The van der Waals surface area contributed by atoms with Crippen molar-refractivity contribution in [3.8, 4) is 0 Å². The predicted molar refractivity (Wildman–Crippen MR) is 105 cm³/mol. The molecule has 2 aliphatic heterocycles. The summed E-state index contributed by atoms with van der Waals surface area (Å²) in [6.07, 6.45) is 2.92. The Morgan fingerprint density at radius 2 is 1.78 bits per heavy atom. The lowest BCUT2D eigenvalue weighted by Gasteiger charge is -2.39. The second-order valence-corrected chi connectivity index (χ2v) is 7.96. The van der Waals surface area contributed by atoms with E-state index in [1.807, 2.05) is 36.4 Å². The fourth-order valence-electron chi connectivity index (χ4n) is 4.64. The van der Waals surface area contributed by atoms with Crippen molar-refractivity contribution in [3.05, 3.63) is 72.0 Å². The Bertz CT molecular complexity index is 922. The van der Waals surface area contributed by atoms with Crippen LogP contribution in [0.5, 0.6) is 0 Å². The summed E-state index contributed by atoms with van der Waals surface area (Å²) in [5, 5.41) is 4.50. The fraction of sp³-hybridized carbons (Fsp3) is 0.348. The third kappa shape index (κ3) is 3.15. The number of carbonyl (C=O) groups excluding carboxylic acids is 1. The van der Waals surface area contributed by atoms with Crippen LogP contribution in [0.2, 0.25) is 0 Å². The lowest BCUT2D eigenvalue weighted by atomic mass is 9.82. The number of carbonyl (C=O) groups is 1. The molecule has 1 amide bonds. The number of hydrogen-bond acceptors (Lipinski definition) is 3. The predicted octanol–water partition coefficient (Wildman–Crippen LogP) is 4.07. The summed E-state index contributed by atoms with van der Waals surface area (Å²) in [5.41, 5.74) is 2.05. The van der Waals surface area contributed by atoms with E-state index in [1.54, 1.807) is 0 Å². The van der Waals surface area contributed by atoms with Crippen molar-refractivity contribution in [2.24, 2.45) is 0 Å². The van der Waals surface area contributed by atoms with E-state index in [4.69, 9.17) is 4.42 Å².